The van der Waals surface area contributed by atoms with Crippen LogP contribution in [0.3, 0.4) is 0 Å². The molecule has 0 spiro atoms. The first-order valence-electron chi connectivity index (χ1n) is 6.80. The van der Waals surface area contributed by atoms with Gasteiger partial charge in [0.15, 0.2) is 0 Å². The zero-order chi connectivity index (χ0) is 14.5. The Balaban J connectivity index is 2.12. The molecule has 4 heteroatoms. The maximum absolute atomic E-state index is 11.8. The number of aryl methyl sites for hydroxylation is 1. The zero-order valence-electron chi connectivity index (χ0n) is 12.1. The molecule has 20 heavy (non-hydrogen) atoms. The summed E-state index contributed by atoms with van der Waals surface area (Å²) in [6, 6.07) is 9.98. The fourth-order valence-corrected chi connectivity index (χ4v) is 3.09. The number of hydrogen-bond donors (Lipinski definition) is 2. The zero-order valence-corrected chi connectivity index (χ0v) is 12.9. The fourth-order valence-electron chi connectivity index (χ4n) is 2.16. The number of benzene rings is 1. The Morgan fingerprint density at radius 2 is 2.15 bits per heavy atom. The van der Waals surface area contributed by atoms with Crippen LogP contribution in [0, 0.1) is 6.92 Å². The van der Waals surface area contributed by atoms with Gasteiger partial charge in [0.2, 0.25) is 0 Å². The third-order valence-corrected chi connectivity index (χ3v) is 4.34. The highest BCUT2D eigenvalue weighted by atomic mass is 32.1. The largest absolute Gasteiger partial charge is 0.378 e. The molecule has 1 atom stereocenters. The van der Waals surface area contributed by atoms with E-state index < -0.39 is 0 Å². The number of amides is 1. The van der Waals surface area contributed by atoms with Crippen molar-refractivity contribution < 1.29 is 4.79 Å². The van der Waals surface area contributed by atoms with Crippen molar-refractivity contribution in [1.82, 2.24) is 5.32 Å². The number of nitrogens with one attached hydrogen (secondary N) is 2. The van der Waals surface area contributed by atoms with Gasteiger partial charge >= 0.3 is 0 Å². The Morgan fingerprint density at radius 1 is 1.35 bits per heavy atom. The minimum Gasteiger partial charge on any atom is -0.378 e. The van der Waals surface area contributed by atoms with Gasteiger partial charge in [0, 0.05) is 22.7 Å². The van der Waals surface area contributed by atoms with Crippen molar-refractivity contribution in [3.05, 3.63) is 51.7 Å². The van der Waals surface area contributed by atoms with E-state index >= 15 is 0 Å². The van der Waals surface area contributed by atoms with Crippen LogP contribution in [0.15, 0.2) is 35.7 Å². The monoisotopic (exact) mass is 288 g/mol. The van der Waals surface area contributed by atoms with Crippen molar-refractivity contribution in [2.45, 2.75) is 26.8 Å². The summed E-state index contributed by atoms with van der Waals surface area (Å²) in [4.78, 5) is 13.2. The lowest BCUT2D eigenvalue weighted by molar-refractivity contribution is 0.0956. The second kappa shape index (κ2) is 6.57. The predicted molar refractivity (Wildman–Crippen MR) is 85.5 cm³/mol. The number of carbonyl (C=O) groups is 1. The molecule has 1 unspecified atom stereocenters. The molecule has 3 nitrogen and oxygen atoms in total. The van der Waals surface area contributed by atoms with Crippen molar-refractivity contribution >= 4 is 22.9 Å². The van der Waals surface area contributed by atoms with Gasteiger partial charge in [0.25, 0.3) is 5.91 Å². The molecule has 1 amide bonds. The highest BCUT2D eigenvalue weighted by Crippen LogP contribution is 2.27. The molecule has 0 aliphatic heterocycles. The average Bonchev–Trinajstić information content (AvgIpc) is 2.85. The van der Waals surface area contributed by atoms with E-state index in [-0.39, 0.29) is 11.9 Å². The third-order valence-electron chi connectivity index (χ3n) is 3.14. The van der Waals surface area contributed by atoms with Crippen LogP contribution in [-0.2, 0) is 0 Å². The lowest BCUT2D eigenvalue weighted by Crippen LogP contribution is -2.22. The molecule has 1 heterocycles. The van der Waals surface area contributed by atoms with E-state index in [1.165, 1.54) is 10.4 Å². The average molecular weight is 288 g/mol. The van der Waals surface area contributed by atoms with Crippen LogP contribution < -0.4 is 10.6 Å². The van der Waals surface area contributed by atoms with E-state index in [2.05, 4.69) is 35.9 Å². The van der Waals surface area contributed by atoms with Crippen LogP contribution in [0.2, 0.25) is 0 Å². The van der Waals surface area contributed by atoms with Gasteiger partial charge in [-0.25, -0.2) is 0 Å². The molecule has 0 aliphatic rings. The summed E-state index contributed by atoms with van der Waals surface area (Å²) in [7, 11) is 0. The third kappa shape index (κ3) is 3.39. The van der Waals surface area contributed by atoms with Gasteiger partial charge in [0.05, 0.1) is 6.04 Å². The van der Waals surface area contributed by atoms with Gasteiger partial charge in [-0.05, 0) is 56.0 Å². The van der Waals surface area contributed by atoms with E-state index in [1.54, 1.807) is 11.3 Å². The Bertz CT molecular complexity index is 592. The molecule has 2 rings (SSSR count). The summed E-state index contributed by atoms with van der Waals surface area (Å²) < 4.78 is 0. The number of thiophene rings is 1. The standard InChI is InChI=1S/C16H20N2OS/c1-4-17-16(19)13-6-5-7-14(10-13)18-12(3)15-11(2)8-9-20-15/h5-10,12,18H,4H2,1-3H3,(H,17,19). The summed E-state index contributed by atoms with van der Waals surface area (Å²) in [6.07, 6.45) is 0. The Morgan fingerprint density at radius 3 is 2.80 bits per heavy atom. The quantitative estimate of drug-likeness (QED) is 0.873. The lowest BCUT2D eigenvalue weighted by Gasteiger charge is -2.15. The van der Waals surface area contributed by atoms with E-state index in [9.17, 15) is 4.79 Å². The fraction of sp³-hybridized carbons (Fsp3) is 0.312. The van der Waals surface area contributed by atoms with E-state index in [0.717, 1.165) is 5.69 Å². The van der Waals surface area contributed by atoms with Crippen molar-refractivity contribution in [2.24, 2.45) is 0 Å². The smallest absolute Gasteiger partial charge is 0.251 e. The molecule has 0 aliphatic carbocycles. The molecular weight excluding hydrogens is 268 g/mol. The van der Waals surface area contributed by atoms with Crippen LogP contribution in [0.5, 0.6) is 0 Å². The van der Waals surface area contributed by atoms with Gasteiger partial charge in [-0.1, -0.05) is 6.07 Å². The molecule has 2 N–H and O–H groups in total. The first-order valence-corrected chi connectivity index (χ1v) is 7.68. The van der Waals surface area contributed by atoms with E-state index in [0.29, 0.717) is 12.1 Å². The molecule has 2 aromatic rings. The topological polar surface area (TPSA) is 41.1 Å². The highest BCUT2D eigenvalue weighted by Gasteiger charge is 2.11. The summed E-state index contributed by atoms with van der Waals surface area (Å²) >= 11 is 1.75. The SMILES string of the molecule is CCNC(=O)c1cccc(NC(C)c2sccc2C)c1. The van der Waals surface area contributed by atoms with Gasteiger partial charge in [-0.3, -0.25) is 4.79 Å². The second-order valence-corrected chi connectivity index (χ2v) is 5.72. The molecule has 0 saturated heterocycles. The Kier molecular flexibility index (Phi) is 4.79. The molecule has 0 saturated carbocycles. The molecule has 0 bridgehead atoms. The van der Waals surface area contributed by atoms with Crippen LogP contribution in [0.1, 0.15) is 40.7 Å². The first kappa shape index (κ1) is 14.6. The Labute approximate surface area is 124 Å². The molecule has 106 valence electrons. The van der Waals surface area contributed by atoms with E-state index in [1.807, 2.05) is 31.2 Å². The summed E-state index contributed by atoms with van der Waals surface area (Å²) in [5.41, 5.74) is 2.95. The molecule has 0 fully saturated rings. The Hall–Kier alpha value is -1.81. The molecule has 1 aromatic carbocycles. The first-order chi connectivity index (χ1) is 9.61. The maximum atomic E-state index is 11.8. The van der Waals surface area contributed by atoms with Crippen molar-refractivity contribution in [1.29, 1.82) is 0 Å². The molecule has 0 radical (unpaired) electrons. The second-order valence-electron chi connectivity index (χ2n) is 4.77. The van der Waals surface area contributed by atoms with Crippen molar-refractivity contribution in [2.75, 3.05) is 11.9 Å². The number of rotatable bonds is 5. The van der Waals surface area contributed by atoms with Gasteiger partial charge < -0.3 is 10.6 Å². The lowest BCUT2D eigenvalue weighted by atomic mass is 10.1. The van der Waals surface area contributed by atoms with Crippen LogP contribution in [-0.4, -0.2) is 12.5 Å². The molecule has 1 aromatic heterocycles. The number of hydrogen-bond acceptors (Lipinski definition) is 3. The summed E-state index contributed by atoms with van der Waals surface area (Å²) in [5.74, 6) is -0.0314. The minimum absolute atomic E-state index is 0.0314. The molecular formula is C16H20N2OS. The van der Waals surface area contributed by atoms with Crippen molar-refractivity contribution in [3.63, 3.8) is 0 Å². The normalized spacial score (nSPS) is 11.9. The van der Waals surface area contributed by atoms with Gasteiger partial charge in [-0.15, -0.1) is 11.3 Å². The summed E-state index contributed by atoms with van der Waals surface area (Å²) in [5, 5.41) is 8.37. The number of carbonyl (C=O) groups excluding carboxylic acids is 1. The van der Waals surface area contributed by atoms with Gasteiger partial charge in [-0.2, -0.15) is 0 Å². The predicted octanol–water partition coefficient (Wildman–Crippen LogP) is 3.98. The number of anilines is 1. The van der Waals surface area contributed by atoms with Gasteiger partial charge in [0.1, 0.15) is 0 Å². The maximum Gasteiger partial charge on any atom is 0.251 e. The van der Waals surface area contributed by atoms with E-state index in [4.69, 9.17) is 0 Å². The van der Waals surface area contributed by atoms with Crippen LogP contribution >= 0.6 is 11.3 Å². The van der Waals surface area contributed by atoms with Crippen LogP contribution in [0.25, 0.3) is 0 Å². The highest BCUT2D eigenvalue weighted by molar-refractivity contribution is 7.10. The van der Waals surface area contributed by atoms with Crippen molar-refractivity contribution in [3.8, 4) is 0 Å². The summed E-state index contributed by atoms with van der Waals surface area (Å²) in [6.45, 7) is 6.82. The van der Waals surface area contributed by atoms with Crippen LogP contribution in [0.4, 0.5) is 5.69 Å². The minimum atomic E-state index is -0.0314.